The molecule has 4 rings (SSSR count). The van der Waals surface area contributed by atoms with Gasteiger partial charge in [0.1, 0.15) is 5.75 Å². The van der Waals surface area contributed by atoms with Crippen LogP contribution in [0, 0.1) is 0 Å². The second-order valence-electron chi connectivity index (χ2n) is 8.28. The molecule has 3 aromatic rings. The number of para-hydroxylation sites is 1. The smallest absolute Gasteiger partial charge is 0.405 e. The summed E-state index contributed by atoms with van der Waals surface area (Å²) in [4.78, 5) is 34.5. The Morgan fingerprint density at radius 2 is 1.86 bits per heavy atom. The van der Waals surface area contributed by atoms with Crippen molar-refractivity contribution in [2.45, 2.75) is 38.6 Å². The van der Waals surface area contributed by atoms with E-state index in [0.29, 0.717) is 36.5 Å². The van der Waals surface area contributed by atoms with Gasteiger partial charge in [-0.3, -0.25) is 19.6 Å². The highest BCUT2D eigenvalue weighted by molar-refractivity contribution is 5.98. The number of benzene rings is 1. The maximum absolute atomic E-state index is 12.7. The summed E-state index contributed by atoms with van der Waals surface area (Å²) in [7, 11) is 0. The monoisotopic (exact) mass is 499 g/mol. The Balaban J connectivity index is 1.50. The number of ether oxygens (including phenoxy) is 1. The molecule has 0 aliphatic carbocycles. The highest BCUT2D eigenvalue weighted by atomic mass is 19.4. The fourth-order valence-electron chi connectivity index (χ4n) is 3.95. The molecule has 0 radical (unpaired) electrons. The highest BCUT2D eigenvalue weighted by Gasteiger charge is 2.32. The summed E-state index contributed by atoms with van der Waals surface area (Å²) in [6.07, 6.45) is 0.835. The van der Waals surface area contributed by atoms with Crippen molar-refractivity contribution in [1.29, 1.82) is 0 Å². The van der Waals surface area contributed by atoms with Crippen molar-refractivity contribution in [2.75, 3.05) is 16.8 Å². The van der Waals surface area contributed by atoms with Gasteiger partial charge < -0.3 is 20.7 Å². The number of hydrogen-bond donors (Lipinski definition) is 2. The molecular weight excluding hydrogens is 475 g/mol. The van der Waals surface area contributed by atoms with Crippen LogP contribution in [0.2, 0.25) is 0 Å². The number of nitrogens with two attached hydrogens (primary N) is 1. The molecule has 11 heteroatoms. The third-order valence-electron chi connectivity index (χ3n) is 5.70. The first-order valence-corrected chi connectivity index (χ1v) is 11.3. The van der Waals surface area contributed by atoms with Crippen molar-refractivity contribution in [2.24, 2.45) is 5.73 Å². The van der Waals surface area contributed by atoms with Gasteiger partial charge in [0.2, 0.25) is 5.91 Å². The van der Waals surface area contributed by atoms with Gasteiger partial charge in [-0.05, 0) is 37.1 Å². The quantitative estimate of drug-likeness (QED) is 0.481. The average molecular weight is 499 g/mol. The van der Waals surface area contributed by atoms with Crippen LogP contribution in [0.15, 0.2) is 54.9 Å². The van der Waals surface area contributed by atoms with Crippen molar-refractivity contribution in [3.05, 3.63) is 77.4 Å². The number of rotatable bonds is 8. The van der Waals surface area contributed by atoms with Crippen molar-refractivity contribution in [3.63, 3.8) is 0 Å². The predicted molar refractivity (Wildman–Crippen MR) is 126 cm³/mol. The molecule has 3 N–H and O–H groups in total. The second-order valence-corrected chi connectivity index (χ2v) is 8.28. The Morgan fingerprint density at radius 1 is 1.08 bits per heavy atom. The van der Waals surface area contributed by atoms with Gasteiger partial charge in [0.05, 0.1) is 23.1 Å². The topological polar surface area (TPSA) is 110 Å². The summed E-state index contributed by atoms with van der Waals surface area (Å²) in [5.74, 6) is -0.994. The lowest BCUT2D eigenvalue weighted by Gasteiger charge is -2.26. The summed E-state index contributed by atoms with van der Waals surface area (Å²) in [5, 5.41) is 2.97. The molecule has 1 saturated heterocycles. The van der Waals surface area contributed by atoms with Gasteiger partial charge >= 0.3 is 6.36 Å². The molecule has 0 atom stereocenters. The average Bonchev–Trinajstić information content (AvgIpc) is 2.83. The maximum atomic E-state index is 12.7. The van der Waals surface area contributed by atoms with Crippen LogP contribution >= 0.6 is 0 Å². The minimum atomic E-state index is -4.83. The van der Waals surface area contributed by atoms with Gasteiger partial charge in [0.15, 0.2) is 0 Å². The number of hydrogen-bond acceptors (Lipinski definition) is 6. The summed E-state index contributed by atoms with van der Waals surface area (Å²) in [6, 6.07) is 11.0. The zero-order valence-corrected chi connectivity index (χ0v) is 19.2. The van der Waals surface area contributed by atoms with Crippen LogP contribution in [0.4, 0.5) is 24.5 Å². The first-order chi connectivity index (χ1) is 17.2. The summed E-state index contributed by atoms with van der Waals surface area (Å²) < 4.78 is 42.3. The van der Waals surface area contributed by atoms with Crippen LogP contribution in [0.5, 0.6) is 5.75 Å². The lowest BCUT2D eigenvalue weighted by Crippen LogP contribution is -2.35. The maximum Gasteiger partial charge on any atom is 0.573 e. The van der Waals surface area contributed by atoms with E-state index in [-0.39, 0.29) is 29.3 Å². The molecule has 1 aliphatic heterocycles. The van der Waals surface area contributed by atoms with E-state index < -0.39 is 12.3 Å². The van der Waals surface area contributed by atoms with Gasteiger partial charge in [-0.25, -0.2) is 0 Å². The molecule has 0 bridgehead atoms. The molecule has 2 amide bonds. The zero-order chi connectivity index (χ0) is 25.7. The number of pyridine rings is 2. The number of nitrogens with one attached hydrogen (secondary N) is 1. The number of halogens is 3. The minimum absolute atomic E-state index is 0.0488. The van der Waals surface area contributed by atoms with E-state index in [4.69, 9.17) is 5.73 Å². The van der Waals surface area contributed by atoms with Gasteiger partial charge in [0, 0.05) is 49.1 Å². The van der Waals surface area contributed by atoms with Crippen LogP contribution in [0.3, 0.4) is 0 Å². The lowest BCUT2D eigenvalue weighted by atomic mass is 10.1. The minimum Gasteiger partial charge on any atom is -0.405 e. The summed E-state index contributed by atoms with van der Waals surface area (Å²) in [6.45, 7) is 0.620. The Bertz CT molecular complexity index is 1250. The Hall–Kier alpha value is -4.15. The molecule has 0 unspecified atom stereocenters. The van der Waals surface area contributed by atoms with E-state index in [0.717, 1.165) is 18.5 Å². The van der Waals surface area contributed by atoms with E-state index in [1.165, 1.54) is 24.4 Å². The Labute approximate surface area is 205 Å². The van der Waals surface area contributed by atoms with Crippen LogP contribution in [0.1, 0.15) is 46.6 Å². The Kier molecular flexibility index (Phi) is 7.37. The summed E-state index contributed by atoms with van der Waals surface area (Å²) >= 11 is 0. The van der Waals surface area contributed by atoms with E-state index in [9.17, 15) is 22.8 Å². The van der Waals surface area contributed by atoms with Crippen molar-refractivity contribution >= 4 is 23.2 Å². The lowest BCUT2D eigenvalue weighted by molar-refractivity contribution is -0.274. The molecule has 2 aromatic heterocycles. The third-order valence-corrected chi connectivity index (χ3v) is 5.70. The number of amides is 2. The van der Waals surface area contributed by atoms with Gasteiger partial charge in [0.25, 0.3) is 5.91 Å². The number of piperidine rings is 1. The number of nitrogens with zero attached hydrogens (tertiary/aromatic N) is 3. The first-order valence-electron chi connectivity index (χ1n) is 11.3. The predicted octanol–water partition coefficient (Wildman–Crippen LogP) is 4.19. The molecular formula is C25H24F3N5O3. The molecule has 0 spiro atoms. The normalized spacial score (nSPS) is 14.0. The fraction of sp³-hybridized carbons (Fsp3) is 0.280. The molecule has 3 heterocycles. The fourth-order valence-corrected chi connectivity index (χ4v) is 3.95. The van der Waals surface area contributed by atoms with Crippen LogP contribution in [-0.2, 0) is 17.8 Å². The van der Waals surface area contributed by atoms with Crippen LogP contribution in [-0.4, -0.2) is 34.7 Å². The number of carbonyl (C=O) groups is 2. The van der Waals surface area contributed by atoms with E-state index >= 15 is 0 Å². The van der Waals surface area contributed by atoms with Crippen molar-refractivity contribution in [3.8, 4) is 5.75 Å². The van der Waals surface area contributed by atoms with Gasteiger partial charge in [-0.2, -0.15) is 0 Å². The zero-order valence-electron chi connectivity index (χ0n) is 19.2. The molecule has 1 fully saturated rings. The standard InChI is InChI=1S/C25H24F3N5O3/c26-25(27,28)36-22-6-2-1-5-16(22)13-32-21-12-18(31-15-20(21)24(29)35)11-17-8-9-19(14-30-17)33-10-4-3-7-23(33)34/h1-2,5-6,8-9,12,14-15H,3-4,7,10-11,13H2,(H2,29,35)(H,31,32). The Morgan fingerprint density at radius 3 is 2.56 bits per heavy atom. The largest absolute Gasteiger partial charge is 0.573 e. The molecule has 36 heavy (non-hydrogen) atoms. The summed E-state index contributed by atoms with van der Waals surface area (Å²) in [5.41, 5.74) is 8.12. The van der Waals surface area contributed by atoms with Crippen LogP contribution in [0.25, 0.3) is 0 Å². The molecule has 8 nitrogen and oxygen atoms in total. The molecule has 1 aromatic carbocycles. The number of primary amides is 1. The highest BCUT2D eigenvalue weighted by Crippen LogP contribution is 2.28. The number of anilines is 2. The molecule has 1 aliphatic rings. The number of alkyl halides is 3. The van der Waals surface area contributed by atoms with Crippen molar-refractivity contribution in [1.82, 2.24) is 9.97 Å². The second kappa shape index (κ2) is 10.6. The first kappa shape index (κ1) is 25.0. The van der Waals surface area contributed by atoms with Gasteiger partial charge in [-0.15, -0.1) is 13.2 Å². The van der Waals surface area contributed by atoms with E-state index in [1.54, 1.807) is 29.3 Å². The van der Waals surface area contributed by atoms with Crippen molar-refractivity contribution < 1.29 is 27.5 Å². The molecule has 188 valence electrons. The van der Waals surface area contributed by atoms with Gasteiger partial charge in [-0.1, -0.05) is 18.2 Å². The number of aromatic nitrogens is 2. The number of carbonyl (C=O) groups excluding carboxylic acids is 2. The molecule has 0 saturated carbocycles. The van der Waals surface area contributed by atoms with Crippen LogP contribution < -0.4 is 20.7 Å². The third kappa shape index (κ3) is 6.29. The van der Waals surface area contributed by atoms with E-state index in [2.05, 4.69) is 20.0 Å². The van der Waals surface area contributed by atoms with E-state index in [1.807, 2.05) is 6.07 Å². The SMILES string of the molecule is NC(=O)c1cnc(Cc2ccc(N3CCCCC3=O)cn2)cc1NCc1ccccc1OC(F)(F)F.